The molecule has 0 spiro atoms. The zero-order valence-corrected chi connectivity index (χ0v) is 18.0. The van der Waals surface area contributed by atoms with Crippen LogP contribution >= 0.6 is 0 Å². The number of pyridine rings is 1. The minimum absolute atomic E-state index is 0.00792. The van der Waals surface area contributed by atoms with Crippen LogP contribution in [0.2, 0.25) is 0 Å². The van der Waals surface area contributed by atoms with Gasteiger partial charge in [-0.2, -0.15) is 5.10 Å². The third-order valence-corrected chi connectivity index (χ3v) is 4.76. The van der Waals surface area contributed by atoms with Crippen molar-refractivity contribution in [2.75, 3.05) is 13.7 Å². The van der Waals surface area contributed by atoms with E-state index in [1.807, 2.05) is 57.2 Å². The second-order valence-electron chi connectivity index (χ2n) is 7.31. The Bertz CT molecular complexity index is 1050. The minimum Gasteiger partial charge on any atom is -0.496 e. The van der Waals surface area contributed by atoms with Crippen molar-refractivity contribution < 1.29 is 19.1 Å². The highest BCUT2D eigenvalue weighted by Crippen LogP contribution is 2.25. The molecule has 0 bridgehead atoms. The van der Waals surface area contributed by atoms with Crippen LogP contribution in [0.25, 0.3) is 5.82 Å². The van der Waals surface area contributed by atoms with Crippen molar-refractivity contribution in [2.24, 2.45) is 0 Å². The summed E-state index contributed by atoms with van der Waals surface area (Å²) in [6.07, 6.45) is 3.11. The van der Waals surface area contributed by atoms with Crippen LogP contribution in [-0.2, 0) is 9.53 Å². The molecule has 1 aromatic carbocycles. The summed E-state index contributed by atoms with van der Waals surface area (Å²) >= 11 is 0. The maximum atomic E-state index is 12.7. The second kappa shape index (κ2) is 9.88. The van der Waals surface area contributed by atoms with Crippen molar-refractivity contribution in [3.8, 4) is 11.6 Å². The molecule has 31 heavy (non-hydrogen) atoms. The summed E-state index contributed by atoms with van der Waals surface area (Å²) in [5.74, 6) is 0.261. The molecule has 162 valence electrons. The van der Waals surface area contributed by atoms with E-state index in [2.05, 4.69) is 15.4 Å². The van der Waals surface area contributed by atoms with Crippen LogP contribution < -0.4 is 10.1 Å². The quantitative estimate of drug-likeness (QED) is 0.559. The Balaban J connectivity index is 1.67. The summed E-state index contributed by atoms with van der Waals surface area (Å²) in [7, 11) is 1.58. The summed E-state index contributed by atoms with van der Waals surface area (Å²) in [6.45, 7) is 5.35. The lowest BCUT2D eigenvalue weighted by atomic mass is 10.1. The van der Waals surface area contributed by atoms with E-state index < -0.39 is 18.5 Å². The first kappa shape index (κ1) is 22.0. The number of aromatic nitrogens is 3. The van der Waals surface area contributed by atoms with Crippen LogP contribution in [0.15, 0.2) is 54.9 Å². The summed E-state index contributed by atoms with van der Waals surface area (Å²) in [6, 6.07) is 12.6. The van der Waals surface area contributed by atoms with Crippen molar-refractivity contribution >= 4 is 11.9 Å². The molecule has 0 aliphatic heterocycles. The molecule has 3 rings (SSSR count). The summed E-state index contributed by atoms with van der Waals surface area (Å²) < 4.78 is 12.2. The van der Waals surface area contributed by atoms with Gasteiger partial charge in [0.25, 0.3) is 5.91 Å². The van der Waals surface area contributed by atoms with Gasteiger partial charge >= 0.3 is 5.97 Å². The fourth-order valence-corrected chi connectivity index (χ4v) is 3.33. The molecule has 0 aliphatic carbocycles. The fourth-order valence-electron chi connectivity index (χ4n) is 3.33. The number of hydrogen-bond acceptors (Lipinski definition) is 6. The lowest BCUT2D eigenvalue weighted by molar-refractivity contribution is -0.124. The zero-order chi connectivity index (χ0) is 22.4. The van der Waals surface area contributed by atoms with Gasteiger partial charge in [-0.05, 0) is 31.0 Å². The number of para-hydroxylation sites is 1. The van der Waals surface area contributed by atoms with Gasteiger partial charge in [0.1, 0.15) is 11.3 Å². The van der Waals surface area contributed by atoms with Crippen molar-refractivity contribution in [1.82, 2.24) is 20.1 Å². The molecular weight excluding hydrogens is 396 g/mol. The highest BCUT2D eigenvalue weighted by Gasteiger charge is 2.23. The van der Waals surface area contributed by atoms with Crippen LogP contribution in [0.1, 0.15) is 54.3 Å². The number of hydrogen-bond donors (Lipinski definition) is 1. The number of benzene rings is 1. The first-order chi connectivity index (χ1) is 14.9. The SMILES string of the molecule is COc1ccccc1C(C)NC(=O)COC(=O)c1cnn(-c2ccccn2)c1C(C)C. The number of carbonyl (C=O) groups is 2. The molecule has 3 aromatic rings. The van der Waals surface area contributed by atoms with E-state index in [-0.39, 0.29) is 12.0 Å². The Labute approximate surface area is 181 Å². The number of nitrogens with one attached hydrogen (secondary N) is 1. The largest absolute Gasteiger partial charge is 0.496 e. The van der Waals surface area contributed by atoms with Crippen LogP contribution in [0, 0.1) is 0 Å². The summed E-state index contributed by atoms with van der Waals surface area (Å²) in [4.78, 5) is 29.3. The monoisotopic (exact) mass is 422 g/mol. The number of rotatable bonds is 8. The predicted octanol–water partition coefficient (Wildman–Crippen LogP) is 3.43. The standard InChI is InChI=1S/C23H26N4O4/c1-15(2)22-18(13-25-27(22)20-11-7-8-12-24-20)23(29)31-14-21(28)26-16(3)17-9-5-6-10-19(17)30-4/h5-13,15-16H,14H2,1-4H3,(H,26,28). The number of esters is 1. The third kappa shape index (κ3) is 5.09. The number of ether oxygens (including phenoxy) is 2. The highest BCUT2D eigenvalue weighted by molar-refractivity contribution is 5.92. The first-order valence-electron chi connectivity index (χ1n) is 10.0. The molecule has 0 saturated heterocycles. The number of amides is 1. The van der Waals surface area contributed by atoms with E-state index in [1.165, 1.54) is 6.20 Å². The Hall–Kier alpha value is -3.68. The Morgan fingerprint density at radius 1 is 1.10 bits per heavy atom. The van der Waals surface area contributed by atoms with Gasteiger partial charge < -0.3 is 14.8 Å². The topological polar surface area (TPSA) is 95.3 Å². The van der Waals surface area contributed by atoms with Crippen LogP contribution in [-0.4, -0.2) is 40.4 Å². The zero-order valence-electron chi connectivity index (χ0n) is 18.0. The first-order valence-corrected chi connectivity index (χ1v) is 10.0. The van der Waals surface area contributed by atoms with E-state index in [9.17, 15) is 9.59 Å². The van der Waals surface area contributed by atoms with Crippen molar-refractivity contribution in [1.29, 1.82) is 0 Å². The average Bonchev–Trinajstić information content (AvgIpc) is 3.23. The number of methoxy groups -OCH3 is 1. The predicted molar refractivity (Wildman–Crippen MR) is 115 cm³/mol. The molecule has 1 atom stereocenters. The maximum Gasteiger partial charge on any atom is 0.342 e. The fraction of sp³-hybridized carbons (Fsp3) is 0.304. The lowest BCUT2D eigenvalue weighted by Crippen LogP contribution is -2.31. The number of nitrogens with zero attached hydrogens (tertiary/aromatic N) is 3. The highest BCUT2D eigenvalue weighted by atomic mass is 16.5. The van der Waals surface area contributed by atoms with Crippen LogP contribution in [0.4, 0.5) is 0 Å². The molecular formula is C23H26N4O4. The smallest absolute Gasteiger partial charge is 0.342 e. The van der Waals surface area contributed by atoms with Gasteiger partial charge in [0.05, 0.1) is 25.0 Å². The minimum atomic E-state index is -0.606. The molecule has 1 amide bonds. The van der Waals surface area contributed by atoms with Gasteiger partial charge in [-0.3, -0.25) is 4.79 Å². The average molecular weight is 422 g/mol. The maximum absolute atomic E-state index is 12.7. The molecule has 0 fully saturated rings. The van der Waals surface area contributed by atoms with E-state index in [0.29, 0.717) is 22.8 Å². The molecule has 2 heterocycles. The Kier molecular flexibility index (Phi) is 7.02. The number of carbonyl (C=O) groups excluding carboxylic acids is 2. The van der Waals surface area contributed by atoms with Gasteiger partial charge in [0.2, 0.25) is 0 Å². The molecule has 8 nitrogen and oxygen atoms in total. The van der Waals surface area contributed by atoms with E-state index in [0.717, 1.165) is 5.56 Å². The molecule has 0 saturated carbocycles. The summed E-state index contributed by atoms with van der Waals surface area (Å²) in [5, 5.41) is 7.12. The van der Waals surface area contributed by atoms with Crippen molar-refractivity contribution in [3.05, 3.63) is 71.7 Å². The Morgan fingerprint density at radius 2 is 1.84 bits per heavy atom. The summed E-state index contributed by atoms with van der Waals surface area (Å²) in [5.41, 5.74) is 1.82. The second-order valence-corrected chi connectivity index (χ2v) is 7.31. The van der Waals surface area contributed by atoms with Gasteiger partial charge in [0, 0.05) is 11.8 Å². The third-order valence-electron chi connectivity index (χ3n) is 4.76. The van der Waals surface area contributed by atoms with E-state index >= 15 is 0 Å². The van der Waals surface area contributed by atoms with Gasteiger partial charge in [-0.15, -0.1) is 0 Å². The van der Waals surface area contributed by atoms with E-state index in [4.69, 9.17) is 9.47 Å². The molecule has 1 N–H and O–H groups in total. The molecule has 1 unspecified atom stereocenters. The van der Waals surface area contributed by atoms with Gasteiger partial charge in [0.15, 0.2) is 12.4 Å². The normalized spacial score (nSPS) is 11.8. The van der Waals surface area contributed by atoms with Crippen LogP contribution in [0.5, 0.6) is 5.75 Å². The van der Waals surface area contributed by atoms with E-state index in [1.54, 1.807) is 24.1 Å². The molecule has 0 radical (unpaired) electrons. The van der Waals surface area contributed by atoms with Crippen molar-refractivity contribution in [3.63, 3.8) is 0 Å². The van der Waals surface area contributed by atoms with Gasteiger partial charge in [-0.1, -0.05) is 38.1 Å². The Morgan fingerprint density at radius 3 is 2.52 bits per heavy atom. The van der Waals surface area contributed by atoms with Crippen molar-refractivity contribution in [2.45, 2.75) is 32.7 Å². The molecule has 0 aliphatic rings. The van der Waals surface area contributed by atoms with Gasteiger partial charge in [-0.25, -0.2) is 14.5 Å². The molecule has 8 heteroatoms. The molecule has 2 aromatic heterocycles. The van der Waals surface area contributed by atoms with Crippen LogP contribution in [0.3, 0.4) is 0 Å². The lowest BCUT2D eigenvalue weighted by Gasteiger charge is -2.17.